The molecule has 0 saturated carbocycles. The highest BCUT2D eigenvalue weighted by Gasteiger charge is 2.08. The second-order valence-electron chi connectivity index (χ2n) is 5.42. The standard InChI is InChI=1S/C20H17NO4/c1-24-17-8-7-15-11-14(4-6-16(15)12-17)5-9-20(23)25-13-19(22)18-3-2-10-21-18/h2-12,21H,13H2,1H3/b9-5+. The molecule has 0 amide bonds. The number of aromatic amines is 1. The first kappa shape index (κ1) is 16.5. The van der Waals surface area contributed by atoms with E-state index in [0.717, 1.165) is 22.1 Å². The van der Waals surface area contributed by atoms with E-state index >= 15 is 0 Å². The number of benzene rings is 2. The highest BCUT2D eigenvalue weighted by Crippen LogP contribution is 2.22. The quantitative estimate of drug-likeness (QED) is 0.424. The summed E-state index contributed by atoms with van der Waals surface area (Å²) < 4.78 is 10.2. The number of methoxy groups -OCH3 is 1. The van der Waals surface area contributed by atoms with E-state index in [2.05, 4.69) is 4.98 Å². The fourth-order valence-electron chi connectivity index (χ4n) is 2.40. The Hall–Kier alpha value is -3.34. The van der Waals surface area contributed by atoms with Gasteiger partial charge in [0.15, 0.2) is 6.61 Å². The fourth-order valence-corrected chi connectivity index (χ4v) is 2.40. The van der Waals surface area contributed by atoms with Gasteiger partial charge in [-0.15, -0.1) is 0 Å². The lowest BCUT2D eigenvalue weighted by Crippen LogP contribution is -2.12. The summed E-state index contributed by atoms with van der Waals surface area (Å²) in [4.78, 5) is 26.3. The van der Waals surface area contributed by atoms with Crippen LogP contribution in [0.25, 0.3) is 16.8 Å². The van der Waals surface area contributed by atoms with Gasteiger partial charge in [-0.25, -0.2) is 4.79 Å². The van der Waals surface area contributed by atoms with E-state index in [1.807, 2.05) is 36.4 Å². The molecule has 0 atom stereocenters. The molecule has 25 heavy (non-hydrogen) atoms. The number of rotatable bonds is 6. The SMILES string of the molecule is COc1ccc2cc(/C=C/C(=O)OCC(=O)c3ccc[nH]3)ccc2c1. The number of carbonyl (C=O) groups excluding carboxylic acids is 2. The van der Waals surface area contributed by atoms with E-state index in [4.69, 9.17) is 9.47 Å². The van der Waals surface area contributed by atoms with Gasteiger partial charge in [0.2, 0.25) is 5.78 Å². The summed E-state index contributed by atoms with van der Waals surface area (Å²) in [7, 11) is 1.63. The first-order valence-corrected chi connectivity index (χ1v) is 7.75. The third-order valence-corrected chi connectivity index (χ3v) is 3.73. The van der Waals surface area contributed by atoms with Crippen molar-refractivity contribution in [2.24, 2.45) is 0 Å². The number of hydrogen-bond acceptors (Lipinski definition) is 4. The molecule has 0 spiro atoms. The van der Waals surface area contributed by atoms with Crippen LogP contribution in [0.4, 0.5) is 0 Å². The maximum Gasteiger partial charge on any atom is 0.331 e. The Labute approximate surface area is 144 Å². The van der Waals surface area contributed by atoms with Crippen molar-refractivity contribution in [2.75, 3.05) is 13.7 Å². The van der Waals surface area contributed by atoms with Crippen molar-refractivity contribution in [3.8, 4) is 5.75 Å². The molecule has 0 aliphatic heterocycles. The second kappa shape index (κ2) is 7.49. The van der Waals surface area contributed by atoms with E-state index in [9.17, 15) is 9.59 Å². The average molecular weight is 335 g/mol. The van der Waals surface area contributed by atoms with Crippen molar-refractivity contribution in [3.63, 3.8) is 0 Å². The van der Waals surface area contributed by atoms with E-state index in [1.165, 1.54) is 6.08 Å². The lowest BCUT2D eigenvalue weighted by Gasteiger charge is -2.03. The van der Waals surface area contributed by atoms with Crippen molar-refractivity contribution in [1.82, 2.24) is 4.98 Å². The molecule has 3 aromatic rings. The number of ether oxygens (including phenoxy) is 2. The molecule has 0 aliphatic rings. The van der Waals surface area contributed by atoms with Gasteiger partial charge in [0.05, 0.1) is 12.8 Å². The van der Waals surface area contributed by atoms with E-state index in [1.54, 1.807) is 31.5 Å². The molecule has 5 heteroatoms. The Morgan fingerprint density at radius 3 is 2.64 bits per heavy atom. The lowest BCUT2D eigenvalue weighted by molar-refractivity contribution is -0.136. The first-order valence-electron chi connectivity index (χ1n) is 7.75. The number of aromatic nitrogens is 1. The molecule has 3 rings (SSSR count). The summed E-state index contributed by atoms with van der Waals surface area (Å²) in [5, 5.41) is 2.09. The molecule has 0 fully saturated rings. The van der Waals surface area contributed by atoms with Crippen LogP contribution in [0.15, 0.2) is 60.8 Å². The second-order valence-corrected chi connectivity index (χ2v) is 5.42. The van der Waals surface area contributed by atoms with Crippen molar-refractivity contribution in [2.45, 2.75) is 0 Å². The summed E-state index contributed by atoms with van der Waals surface area (Å²) in [6, 6.07) is 15.0. The van der Waals surface area contributed by atoms with Crippen LogP contribution in [-0.4, -0.2) is 30.5 Å². The van der Waals surface area contributed by atoms with Gasteiger partial charge in [-0.2, -0.15) is 0 Å². The van der Waals surface area contributed by atoms with Gasteiger partial charge >= 0.3 is 5.97 Å². The number of fused-ring (bicyclic) bond motifs is 1. The molecule has 126 valence electrons. The highest BCUT2D eigenvalue weighted by atomic mass is 16.5. The van der Waals surface area contributed by atoms with Gasteiger partial charge in [-0.1, -0.05) is 18.2 Å². The van der Waals surface area contributed by atoms with Gasteiger partial charge in [0, 0.05) is 12.3 Å². The van der Waals surface area contributed by atoms with E-state index in [-0.39, 0.29) is 12.4 Å². The maximum atomic E-state index is 11.7. The number of H-pyrrole nitrogens is 1. The third-order valence-electron chi connectivity index (χ3n) is 3.73. The number of ketones is 1. The number of hydrogen-bond donors (Lipinski definition) is 1. The minimum atomic E-state index is -0.560. The summed E-state index contributed by atoms with van der Waals surface area (Å²) in [5.41, 5.74) is 1.28. The molecular weight excluding hydrogens is 318 g/mol. The van der Waals surface area contributed by atoms with Crippen LogP contribution in [0.5, 0.6) is 5.75 Å². The first-order chi connectivity index (χ1) is 12.2. The topological polar surface area (TPSA) is 68.4 Å². The smallest absolute Gasteiger partial charge is 0.331 e. The van der Waals surface area contributed by atoms with Crippen LogP contribution in [-0.2, 0) is 9.53 Å². The molecule has 1 N–H and O–H groups in total. The Morgan fingerprint density at radius 2 is 1.88 bits per heavy atom. The third kappa shape index (κ3) is 4.14. The molecular formula is C20H17NO4. The summed E-state index contributed by atoms with van der Waals surface area (Å²) >= 11 is 0. The molecule has 1 aromatic heterocycles. The fraction of sp³-hybridized carbons (Fsp3) is 0.100. The van der Waals surface area contributed by atoms with Crippen LogP contribution in [0.1, 0.15) is 16.1 Å². The monoisotopic (exact) mass is 335 g/mol. The van der Waals surface area contributed by atoms with Crippen LogP contribution >= 0.6 is 0 Å². The Kier molecular flexibility index (Phi) is 4.95. The number of carbonyl (C=O) groups is 2. The Balaban J connectivity index is 1.62. The summed E-state index contributed by atoms with van der Waals surface area (Å²) in [5.74, 6) is -0.0350. The minimum absolute atomic E-state index is 0.272. The zero-order valence-electron chi connectivity index (χ0n) is 13.7. The number of esters is 1. The molecule has 0 aliphatic carbocycles. The molecule has 0 radical (unpaired) electrons. The van der Waals surface area contributed by atoms with Crippen LogP contribution in [0.2, 0.25) is 0 Å². The molecule has 5 nitrogen and oxygen atoms in total. The van der Waals surface area contributed by atoms with Gasteiger partial charge < -0.3 is 14.5 Å². The largest absolute Gasteiger partial charge is 0.497 e. The predicted molar refractivity (Wildman–Crippen MR) is 95.6 cm³/mol. The maximum absolute atomic E-state index is 11.7. The van der Waals surface area contributed by atoms with Crippen molar-refractivity contribution >= 4 is 28.6 Å². The molecule has 1 heterocycles. The normalized spacial score (nSPS) is 10.9. The van der Waals surface area contributed by atoms with Crippen LogP contribution in [0.3, 0.4) is 0 Å². The predicted octanol–water partition coefficient (Wildman–Crippen LogP) is 3.62. The molecule has 2 aromatic carbocycles. The summed E-state index contributed by atoms with van der Waals surface area (Å²) in [6.45, 7) is -0.290. The van der Waals surface area contributed by atoms with Gasteiger partial charge in [0.1, 0.15) is 5.75 Å². The van der Waals surface area contributed by atoms with Crippen molar-refractivity contribution in [1.29, 1.82) is 0 Å². The van der Waals surface area contributed by atoms with Gasteiger partial charge in [-0.05, 0) is 52.7 Å². The number of nitrogens with one attached hydrogen (secondary N) is 1. The molecule has 0 bridgehead atoms. The lowest BCUT2D eigenvalue weighted by atomic mass is 10.1. The average Bonchev–Trinajstić information content (AvgIpc) is 3.18. The Morgan fingerprint density at radius 1 is 1.08 bits per heavy atom. The van der Waals surface area contributed by atoms with Gasteiger partial charge in [0.25, 0.3) is 0 Å². The molecule has 0 unspecified atom stereocenters. The van der Waals surface area contributed by atoms with Crippen LogP contribution < -0.4 is 4.74 Å². The summed E-state index contributed by atoms with van der Waals surface area (Å²) in [6.07, 6.45) is 4.61. The van der Waals surface area contributed by atoms with Crippen LogP contribution in [0, 0.1) is 0 Å². The molecule has 0 saturated heterocycles. The van der Waals surface area contributed by atoms with Gasteiger partial charge in [-0.3, -0.25) is 4.79 Å². The number of Topliss-reactive ketones (excluding diaryl/α,β-unsaturated/α-hetero) is 1. The Bertz CT molecular complexity index is 926. The minimum Gasteiger partial charge on any atom is -0.497 e. The van der Waals surface area contributed by atoms with E-state index in [0.29, 0.717) is 5.69 Å². The highest BCUT2D eigenvalue weighted by molar-refractivity contribution is 5.97. The van der Waals surface area contributed by atoms with Crippen molar-refractivity contribution < 1.29 is 19.1 Å². The zero-order chi connectivity index (χ0) is 17.6. The van der Waals surface area contributed by atoms with E-state index < -0.39 is 5.97 Å². The zero-order valence-corrected chi connectivity index (χ0v) is 13.7. The van der Waals surface area contributed by atoms with Crippen molar-refractivity contribution in [3.05, 3.63) is 72.1 Å².